The van der Waals surface area contributed by atoms with Gasteiger partial charge in [-0.25, -0.2) is 9.78 Å². The minimum atomic E-state index is -0.947. The number of aryl methyl sites for hydroxylation is 3. The third kappa shape index (κ3) is 5.35. The maximum absolute atomic E-state index is 11.4. The number of hydrogen-bond donors (Lipinski definition) is 1. The molecule has 2 rings (SSSR count). The van der Waals surface area contributed by atoms with Crippen LogP contribution in [0.5, 0.6) is 5.75 Å². The van der Waals surface area contributed by atoms with Crippen LogP contribution in [0.1, 0.15) is 61.7 Å². The quantitative estimate of drug-likeness (QED) is 0.715. The summed E-state index contributed by atoms with van der Waals surface area (Å²) in [6.07, 6.45) is -0.513. The Hall–Kier alpha value is -2.34. The first-order valence-corrected chi connectivity index (χ1v) is 9.57. The highest BCUT2D eigenvalue weighted by Crippen LogP contribution is 2.27. The summed E-state index contributed by atoms with van der Waals surface area (Å²) >= 11 is 0. The van der Waals surface area contributed by atoms with Gasteiger partial charge in [0.05, 0.1) is 0 Å². The summed E-state index contributed by atoms with van der Waals surface area (Å²) in [6, 6.07) is 3.85. The van der Waals surface area contributed by atoms with Gasteiger partial charge in [0.25, 0.3) is 0 Å². The molecule has 0 aliphatic carbocycles. The lowest BCUT2D eigenvalue weighted by atomic mass is 9.97. The predicted molar refractivity (Wildman–Crippen MR) is 107 cm³/mol. The van der Waals surface area contributed by atoms with Crippen LogP contribution < -0.4 is 4.74 Å². The molecule has 6 heteroatoms. The monoisotopic (exact) mass is 389 g/mol. The summed E-state index contributed by atoms with van der Waals surface area (Å²) in [6.45, 7) is 14.5. The fraction of sp³-hybridized carbons (Fsp3) is 0.545. The van der Waals surface area contributed by atoms with Crippen molar-refractivity contribution < 1.29 is 23.8 Å². The maximum Gasteiger partial charge on any atom is 0.333 e. The highest BCUT2D eigenvalue weighted by molar-refractivity contribution is 5.73. The molecular weight excluding hydrogens is 358 g/mol. The van der Waals surface area contributed by atoms with E-state index in [4.69, 9.17) is 13.9 Å². The van der Waals surface area contributed by atoms with Crippen LogP contribution in [0.4, 0.5) is 0 Å². The van der Waals surface area contributed by atoms with Crippen molar-refractivity contribution in [3.8, 4) is 5.75 Å². The van der Waals surface area contributed by atoms with Gasteiger partial charge in [0.1, 0.15) is 23.8 Å². The van der Waals surface area contributed by atoms with E-state index in [1.165, 1.54) is 0 Å². The van der Waals surface area contributed by atoms with Gasteiger partial charge in [-0.15, -0.1) is 0 Å². The van der Waals surface area contributed by atoms with E-state index in [2.05, 4.69) is 25.8 Å². The van der Waals surface area contributed by atoms with Gasteiger partial charge >= 0.3 is 5.97 Å². The fourth-order valence-electron chi connectivity index (χ4n) is 3.00. The molecule has 0 saturated heterocycles. The van der Waals surface area contributed by atoms with Crippen molar-refractivity contribution in [3.63, 3.8) is 0 Å². The van der Waals surface area contributed by atoms with Gasteiger partial charge < -0.3 is 19.0 Å². The van der Waals surface area contributed by atoms with Gasteiger partial charge in [0.2, 0.25) is 0 Å². The maximum atomic E-state index is 11.4. The molecule has 0 fully saturated rings. The summed E-state index contributed by atoms with van der Waals surface area (Å²) in [5, 5.41) is 9.33. The van der Waals surface area contributed by atoms with Crippen LogP contribution in [-0.4, -0.2) is 28.8 Å². The Morgan fingerprint density at radius 3 is 2.29 bits per heavy atom. The van der Waals surface area contributed by atoms with Crippen molar-refractivity contribution in [2.45, 2.75) is 73.0 Å². The number of benzene rings is 1. The summed E-state index contributed by atoms with van der Waals surface area (Å²) in [7, 11) is 0. The molecule has 0 bridgehead atoms. The lowest BCUT2D eigenvalue weighted by Gasteiger charge is -2.17. The molecule has 6 nitrogen and oxygen atoms in total. The standard InChI is InChI=1S/C22H31NO5/c1-8-26-19(20(24)25)11-17-13(2)9-16(10-14(17)3)27-12-18-15(4)28-21(23-18)22(5,6)7/h9-10,19H,8,11-12H2,1-7H3,(H,24,25)/t19-/m0/s1. The van der Waals surface area contributed by atoms with Crippen LogP contribution in [0.15, 0.2) is 16.5 Å². The minimum Gasteiger partial charge on any atom is -0.487 e. The number of nitrogens with zero attached hydrogens (tertiary/aromatic N) is 1. The number of aromatic nitrogens is 1. The summed E-state index contributed by atoms with van der Waals surface area (Å²) in [5.41, 5.74) is 3.56. The molecule has 0 aliphatic rings. The highest BCUT2D eigenvalue weighted by atomic mass is 16.5. The van der Waals surface area contributed by atoms with Crippen molar-refractivity contribution in [3.05, 3.63) is 46.2 Å². The molecule has 0 amide bonds. The van der Waals surface area contributed by atoms with E-state index < -0.39 is 12.1 Å². The average Bonchev–Trinajstić information content (AvgIpc) is 2.96. The largest absolute Gasteiger partial charge is 0.487 e. The lowest BCUT2D eigenvalue weighted by Crippen LogP contribution is -2.27. The molecule has 0 radical (unpaired) electrons. The van der Waals surface area contributed by atoms with E-state index in [1.54, 1.807) is 6.92 Å². The lowest BCUT2D eigenvalue weighted by molar-refractivity contribution is -0.149. The minimum absolute atomic E-state index is 0.154. The Labute approximate surface area is 166 Å². The normalized spacial score (nSPS) is 12.8. The molecule has 1 aromatic heterocycles. The Morgan fingerprint density at radius 2 is 1.82 bits per heavy atom. The van der Waals surface area contributed by atoms with E-state index in [0.29, 0.717) is 25.5 Å². The molecular formula is C22H31NO5. The number of ether oxygens (including phenoxy) is 2. The van der Waals surface area contributed by atoms with E-state index in [0.717, 1.165) is 33.9 Å². The summed E-state index contributed by atoms with van der Waals surface area (Å²) in [4.78, 5) is 15.9. The van der Waals surface area contributed by atoms with E-state index >= 15 is 0 Å². The third-order valence-corrected chi connectivity index (χ3v) is 4.61. The molecule has 154 valence electrons. The van der Waals surface area contributed by atoms with Gasteiger partial charge in [-0.2, -0.15) is 0 Å². The Balaban J connectivity index is 2.14. The summed E-state index contributed by atoms with van der Waals surface area (Å²) < 4.78 is 17.1. The van der Waals surface area contributed by atoms with Crippen molar-refractivity contribution in [2.75, 3.05) is 6.61 Å². The van der Waals surface area contributed by atoms with Gasteiger partial charge in [-0.05, 0) is 56.5 Å². The molecule has 2 aromatic rings. The van der Waals surface area contributed by atoms with Gasteiger partial charge in [-0.1, -0.05) is 20.8 Å². The Morgan fingerprint density at radius 1 is 1.21 bits per heavy atom. The molecule has 1 N–H and O–H groups in total. The number of carboxylic acid groups (broad SMARTS) is 1. The van der Waals surface area contributed by atoms with Crippen molar-refractivity contribution in [1.29, 1.82) is 0 Å². The van der Waals surface area contributed by atoms with Crippen LogP contribution in [0.2, 0.25) is 0 Å². The zero-order valence-corrected chi connectivity index (χ0v) is 17.9. The predicted octanol–water partition coefficient (Wildman–Crippen LogP) is 4.51. The highest BCUT2D eigenvalue weighted by Gasteiger charge is 2.23. The fourth-order valence-corrected chi connectivity index (χ4v) is 3.00. The number of carbonyl (C=O) groups is 1. The van der Waals surface area contributed by atoms with E-state index in [1.807, 2.05) is 32.9 Å². The summed E-state index contributed by atoms with van der Waals surface area (Å²) in [5.74, 6) is 1.23. The second kappa shape index (κ2) is 8.78. The smallest absolute Gasteiger partial charge is 0.333 e. The van der Waals surface area contributed by atoms with Crippen LogP contribution in [0.3, 0.4) is 0 Å². The molecule has 1 aromatic carbocycles. The molecule has 28 heavy (non-hydrogen) atoms. The number of carboxylic acids is 1. The zero-order chi connectivity index (χ0) is 21.1. The van der Waals surface area contributed by atoms with Crippen molar-refractivity contribution in [1.82, 2.24) is 4.98 Å². The van der Waals surface area contributed by atoms with Crippen molar-refractivity contribution in [2.24, 2.45) is 0 Å². The number of aliphatic carboxylic acids is 1. The van der Waals surface area contributed by atoms with Gasteiger partial charge in [0, 0.05) is 18.4 Å². The van der Waals surface area contributed by atoms with Crippen LogP contribution in [0, 0.1) is 20.8 Å². The van der Waals surface area contributed by atoms with Crippen LogP contribution >= 0.6 is 0 Å². The number of hydrogen-bond acceptors (Lipinski definition) is 5. The van der Waals surface area contributed by atoms with Gasteiger partial charge in [-0.3, -0.25) is 0 Å². The molecule has 0 unspecified atom stereocenters. The zero-order valence-electron chi connectivity index (χ0n) is 17.9. The molecule has 0 saturated carbocycles. The van der Waals surface area contributed by atoms with Crippen LogP contribution in [-0.2, 0) is 28.0 Å². The number of oxazole rings is 1. The molecule has 1 atom stereocenters. The second-order valence-electron chi connectivity index (χ2n) is 8.08. The first-order chi connectivity index (χ1) is 13.0. The molecule has 0 aliphatic heterocycles. The molecule has 0 spiro atoms. The first kappa shape index (κ1) is 22.0. The number of rotatable bonds is 8. The van der Waals surface area contributed by atoms with Crippen LogP contribution in [0.25, 0.3) is 0 Å². The van der Waals surface area contributed by atoms with Gasteiger partial charge in [0.15, 0.2) is 12.0 Å². The third-order valence-electron chi connectivity index (χ3n) is 4.61. The van der Waals surface area contributed by atoms with E-state index in [-0.39, 0.29) is 5.41 Å². The first-order valence-electron chi connectivity index (χ1n) is 9.57. The molecule has 1 heterocycles. The SMILES string of the molecule is CCO[C@@H](Cc1c(C)cc(OCc2nc(C(C)(C)C)oc2C)cc1C)C(=O)O. The Kier molecular flexibility index (Phi) is 6.88. The average molecular weight is 389 g/mol. The topological polar surface area (TPSA) is 81.8 Å². The van der Waals surface area contributed by atoms with Crippen molar-refractivity contribution >= 4 is 5.97 Å². The van der Waals surface area contributed by atoms with E-state index in [9.17, 15) is 9.90 Å². The second-order valence-corrected chi connectivity index (χ2v) is 8.08. The Bertz CT molecular complexity index is 809.